The van der Waals surface area contributed by atoms with Crippen LogP contribution in [0.1, 0.15) is 59.2 Å². The maximum atomic E-state index is 11.6. The number of aromatic carboxylic acids is 1. The third-order valence-electron chi connectivity index (χ3n) is 4.64. The summed E-state index contributed by atoms with van der Waals surface area (Å²) in [7, 11) is 0. The van der Waals surface area contributed by atoms with Gasteiger partial charge < -0.3 is 26.4 Å². The number of carboxylic acids is 1. The first kappa shape index (κ1) is 22.2. The first-order valence-electron chi connectivity index (χ1n) is 9.95. The summed E-state index contributed by atoms with van der Waals surface area (Å²) in [5.41, 5.74) is 2.42. The standard InChI is InChI=1S/C22H28N3O4/c26-21(25-29)18-13-10-14-19(20(18)22(27)28)24-16-9-4-2-1-3-8-15-23-17-11-6-5-7-12-17/h5-7,10-14,23-24H,1-4,8-9,15-16H2,(H2-,25,26,27,28,29)/q-1. The molecule has 2 rings (SSSR count). The summed E-state index contributed by atoms with van der Waals surface area (Å²) in [5.74, 6) is -2.19. The van der Waals surface area contributed by atoms with Gasteiger partial charge in [0.15, 0.2) is 0 Å². The zero-order valence-electron chi connectivity index (χ0n) is 16.4. The Morgan fingerprint density at radius 2 is 1.41 bits per heavy atom. The zero-order chi connectivity index (χ0) is 20.9. The highest BCUT2D eigenvalue weighted by Gasteiger charge is 2.18. The molecular weight excluding hydrogens is 370 g/mol. The number of carboxylic acid groups (broad SMARTS) is 1. The number of unbranched alkanes of at least 4 members (excludes halogenated alkanes) is 5. The van der Waals surface area contributed by atoms with Crippen LogP contribution in [-0.4, -0.2) is 30.1 Å². The molecule has 156 valence electrons. The van der Waals surface area contributed by atoms with Crippen molar-refractivity contribution in [1.82, 2.24) is 5.48 Å². The van der Waals surface area contributed by atoms with E-state index in [-0.39, 0.29) is 11.1 Å². The first-order chi connectivity index (χ1) is 14.1. The molecule has 2 aromatic carbocycles. The lowest BCUT2D eigenvalue weighted by atomic mass is 10.0. The highest BCUT2D eigenvalue weighted by molar-refractivity contribution is 6.08. The summed E-state index contributed by atoms with van der Waals surface area (Å²) in [5, 5.41) is 26.4. The molecule has 0 radical (unpaired) electrons. The quantitative estimate of drug-likeness (QED) is 0.292. The van der Waals surface area contributed by atoms with Crippen molar-refractivity contribution in [3.63, 3.8) is 0 Å². The second-order valence-electron chi connectivity index (χ2n) is 6.81. The summed E-state index contributed by atoms with van der Waals surface area (Å²) in [6.07, 6.45) is 6.53. The molecule has 0 fully saturated rings. The maximum Gasteiger partial charge on any atom is 0.338 e. The van der Waals surface area contributed by atoms with Gasteiger partial charge in [-0.2, -0.15) is 0 Å². The lowest BCUT2D eigenvalue weighted by molar-refractivity contribution is 0.0692. The Bertz CT molecular complexity index is 781. The highest BCUT2D eigenvalue weighted by atomic mass is 16.5. The van der Waals surface area contributed by atoms with Gasteiger partial charge in [-0.05, 0) is 37.1 Å². The Morgan fingerprint density at radius 1 is 0.793 bits per heavy atom. The minimum absolute atomic E-state index is 0.137. The molecule has 0 atom stereocenters. The molecule has 0 saturated carbocycles. The summed E-state index contributed by atoms with van der Waals surface area (Å²) in [6.45, 7) is 1.58. The molecular formula is C22H28N3O4-. The van der Waals surface area contributed by atoms with Crippen LogP contribution in [0.2, 0.25) is 0 Å². The molecule has 0 unspecified atom stereocenters. The van der Waals surface area contributed by atoms with Crippen LogP contribution in [0.3, 0.4) is 0 Å². The molecule has 0 aliphatic rings. The largest absolute Gasteiger partial charge is 0.759 e. The fraction of sp³-hybridized carbons (Fsp3) is 0.364. The van der Waals surface area contributed by atoms with Crippen LogP contribution < -0.4 is 16.1 Å². The van der Waals surface area contributed by atoms with Crippen molar-refractivity contribution in [1.29, 1.82) is 0 Å². The van der Waals surface area contributed by atoms with Gasteiger partial charge in [-0.25, -0.2) is 4.79 Å². The topological polar surface area (TPSA) is 114 Å². The first-order valence-corrected chi connectivity index (χ1v) is 9.95. The van der Waals surface area contributed by atoms with Gasteiger partial charge in [0.25, 0.3) is 0 Å². The molecule has 4 N–H and O–H groups in total. The zero-order valence-corrected chi connectivity index (χ0v) is 16.4. The Morgan fingerprint density at radius 3 is 2.03 bits per heavy atom. The number of benzene rings is 2. The summed E-state index contributed by atoms with van der Waals surface area (Å²) in [6, 6.07) is 14.6. The number of hydrogen-bond acceptors (Lipinski definition) is 5. The third kappa shape index (κ3) is 7.46. The van der Waals surface area contributed by atoms with E-state index >= 15 is 0 Å². The summed E-state index contributed by atoms with van der Waals surface area (Å²) >= 11 is 0. The van der Waals surface area contributed by atoms with Crippen LogP contribution in [0.4, 0.5) is 11.4 Å². The van der Waals surface area contributed by atoms with Gasteiger partial charge in [-0.3, -0.25) is 4.79 Å². The molecule has 0 aromatic heterocycles. The van der Waals surface area contributed by atoms with Crippen molar-refractivity contribution in [2.45, 2.75) is 38.5 Å². The maximum absolute atomic E-state index is 11.6. The van der Waals surface area contributed by atoms with Crippen LogP contribution in [0, 0.1) is 5.21 Å². The summed E-state index contributed by atoms with van der Waals surface area (Å²) < 4.78 is 0. The predicted octanol–water partition coefficient (Wildman–Crippen LogP) is 4.48. The van der Waals surface area contributed by atoms with E-state index in [2.05, 4.69) is 22.8 Å². The van der Waals surface area contributed by atoms with Crippen molar-refractivity contribution < 1.29 is 14.7 Å². The van der Waals surface area contributed by atoms with Gasteiger partial charge in [-0.15, -0.1) is 0 Å². The SMILES string of the molecule is O=C(N[O-])c1cccc(NCCCCCCCCNc2ccccc2)c1C(=O)O. The fourth-order valence-electron chi connectivity index (χ4n) is 3.14. The average Bonchev–Trinajstić information content (AvgIpc) is 2.74. The van der Waals surface area contributed by atoms with Gasteiger partial charge in [0, 0.05) is 24.5 Å². The highest BCUT2D eigenvalue weighted by Crippen LogP contribution is 2.20. The second-order valence-corrected chi connectivity index (χ2v) is 6.81. The number of hydrogen-bond donors (Lipinski definition) is 4. The van der Waals surface area contributed by atoms with Crippen LogP contribution in [0.5, 0.6) is 0 Å². The lowest BCUT2D eigenvalue weighted by Crippen LogP contribution is -2.21. The summed E-state index contributed by atoms with van der Waals surface area (Å²) in [4.78, 5) is 23.1. The van der Waals surface area contributed by atoms with Gasteiger partial charge in [0.1, 0.15) is 0 Å². The average molecular weight is 398 g/mol. The molecule has 7 nitrogen and oxygen atoms in total. The van der Waals surface area contributed by atoms with Gasteiger partial charge in [0.2, 0.25) is 5.91 Å². The number of nitrogens with one attached hydrogen (secondary N) is 3. The Kier molecular flexibility index (Phi) is 9.51. The van der Waals surface area contributed by atoms with E-state index in [0.717, 1.165) is 44.3 Å². The predicted molar refractivity (Wildman–Crippen MR) is 115 cm³/mol. The van der Waals surface area contributed by atoms with Crippen molar-refractivity contribution in [2.24, 2.45) is 0 Å². The van der Waals surface area contributed by atoms with E-state index in [0.29, 0.717) is 12.2 Å². The van der Waals surface area contributed by atoms with E-state index in [4.69, 9.17) is 0 Å². The van der Waals surface area contributed by atoms with Crippen molar-refractivity contribution >= 4 is 23.3 Å². The van der Waals surface area contributed by atoms with Crippen LogP contribution in [0.25, 0.3) is 0 Å². The molecule has 7 heteroatoms. The van der Waals surface area contributed by atoms with Gasteiger partial charge in [0.05, 0.1) is 11.1 Å². The smallest absolute Gasteiger partial charge is 0.338 e. The molecule has 0 bridgehead atoms. The number of hydroxylamine groups is 1. The molecule has 29 heavy (non-hydrogen) atoms. The number of para-hydroxylation sites is 1. The van der Waals surface area contributed by atoms with Crippen LogP contribution >= 0.6 is 0 Å². The minimum atomic E-state index is -1.24. The lowest BCUT2D eigenvalue weighted by Gasteiger charge is -2.14. The molecule has 0 aliphatic heterocycles. The number of carbonyl (C=O) groups excluding carboxylic acids is 1. The molecule has 0 heterocycles. The number of rotatable bonds is 13. The van der Waals surface area contributed by atoms with E-state index < -0.39 is 11.9 Å². The van der Waals surface area contributed by atoms with E-state index in [1.54, 1.807) is 12.1 Å². The van der Waals surface area contributed by atoms with Crippen LogP contribution in [0.15, 0.2) is 48.5 Å². The van der Waals surface area contributed by atoms with E-state index in [1.165, 1.54) is 18.0 Å². The normalized spacial score (nSPS) is 10.4. The van der Waals surface area contributed by atoms with E-state index in [9.17, 15) is 19.9 Å². The van der Waals surface area contributed by atoms with Gasteiger partial charge in [-0.1, -0.05) is 49.9 Å². The molecule has 2 aromatic rings. The van der Waals surface area contributed by atoms with Crippen LogP contribution in [-0.2, 0) is 0 Å². The van der Waals surface area contributed by atoms with Gasteiger partial charge >= 0.3 is 5.97 Å². The minimum Gasteiger partial charge on any atom is -0.759 e. The molecule has 0 aliphatic carbocycles. The van der Waals surface area contributed by atoms with Crippen molar-refractivity contribution in [2.75, 3.05) is 23.7 Å². The second kappa shape index (κ2) is 12.4. The van der Waals surface area contributed by atoms with Crippen molar-refractivity contribution in [3.05, 3.63) is 64.9 Å². The number of amides is 1. The monoisotopic (exact) mass is 398 g/mol. The molecule has 1 amide bonds. The number of carbonyl (C=O) groups is 2. The Labute approximate surface area is 171 Å². The van der Waals surface area contributed by atoms with Crippen molar-refractivity contribution in [3.8, 4) is 0 Å². The van der Waals surface area contributed by atoms with E-state index in [1.807, 2.05) is 18.2 Å². The third-order valence-corrected chi connectivity index (χ3v) is 4.64. The Hall–Kier alpha value is -3.06. The molecule has 0 saturated heterocycles. The molecule has 0 spiro atoms. The number of anilines is 2. The Balaban J connectivity index is 1.62. The fourth-order valence-corrected chi connectivity index (χ4v) is 3.14.